The number of esters is 1. The van der Waals surface area contributed by atoms with Gasteiger partial charge in [-0.15, -0.1) is 0 Å². The molecule has 1 N–H and O–H groups in total. The number of fused-ring (bicyclic) bond motifs is 1. The predicted octanol–water partition coefficient (Wildman–Crippen LogP) is 4.45. The van der Waals surface area contributed by atoms with Crippen molar-refractivity contribution in [2.75, 3.05) is 7.11 Å². The molecule has 6 heteroatoms. The van der Waals surface area contributed by atoms with Crippen molar-refractivity contribution in [2.45, 2.75) is 37.9 Å². The summed E-state index contributed by atoms with van der Waals surface area (Å²) in [5.41, 5.74) is 0.705. The molecule has 1 heterocycles. The first-order valence-electron chi connectivity index (χ1n) is 9.36. The molecule has 1 saturated carbocycles. The van der Waals surface area contributed by atoms with Crippen molar-refractivity contribution < 1.29 is 28.8 Å². The minimum Gasteiger partial charge on any atom is -0.504 e. The Morgan fingerprint density at radius 1 is 1.07 bits per heavy atom. The van der Waals surface area contributed by atoms with Gasteiger partial charge in [-0.1, -0.05) is 12.5 Å². The Labute approximate surface area is 163 Å². The van der Waals surface area contributed by atoms with Crippen LogP contribution in [-0.4, -0.2) is 24.0 Å². The predicted molar refractivity (Wildman–Crippen MR) is 103 cm³/mol. The number of phenolic OH excluding ortho intramolecular Hbond substituents is 1. The van der Waals surface area contributed by atoms with E-state index in [9.17, 15) is 9.90 Å². The van der Waals surface area contributed by atoms with Gasteiger partial charge in [0.05, 0.1) is 7.11 Å². The Bertz CT molecular complexity index is 911. The number of carbonyl (C=O) groups excluding carboxylic acids is 1. The van der Waals surface area contributed by atoms with Crippen LogP contribution in [0, 0.1) is 0 Å². The van der Waals surface area contributed by atoms with Crippen LogP contribution < -0.4 is 18.9 Å². The van der Waals surface area contributed by atoms with Crippen LogP contribution in [0.15, 0.2) is 42.5 Å². The number of benzene rings is 2. The van der Waals surface area contributed by atoms with Gasteiger partial charge in [-0.3, -0.25) is 0 Å². The maximum Gasteiger partial charge on any atom is 0.336 e. The third kappa shape index (κ3) is 3.76. The van der Waals surface area contributed by atoms with E-state index >= 15 is 0 Å². The van der Waals surface area contributed by atoms with Crippen LogP contribution in [0.3, 0.4) is 0 Å². The molecule has 2 aromatic carbocycles. The zero-order chi connectivity index (χ0) is 19.6. The van der Waals surface area contributed by atoms with E-state index in [1.165, 1.54) is 25.7 Å². The summed E-state index contributed by atoms with van der Waals surface area (Å²) >= 11 is 0. The second-order valence-electron chi connectivity index (χ2n) is 6.97. The Kier molecular flexibility index (Phi) is 4.86. The van der Waals surface area contributed by atoms with Crippen molar-refractivity contribution >= 4 is 12.0 Å². The molecule has 1 aliphatic heterocycles. The first kappa shape index (κ1) is 18.2. The molecule has 0 unspecified atom stereocenters. The molecule has 0 amide bonds. The lowest BCUT2D eigenvalue weighted by molar-refractivity contribution is -0.128. The maximum absolute atomic E-state index is 12.1. The normalized spacial score (nSPS) is 17.0. The summed E-state index contributed by atoms with van der Waals surface area (Å²) in [6.07, 6.45) is 8.02. The SMILES string of the molecule is COc1cc(/C=C/C(=O)Oc2ccc3c(c2)OC2(CCCCC2)O3)ccc1O. The van der Waals surface area contributed by atoms with E-state index in [1.807, 2.05) is 0 Å². The molecule has 2 aliphatic rings. The van der Waals surface area contributed by atoms with Crippen LogP contribution in [0.5, 0.6) is 28.7 Å². The van der Waals surface area contributed by atoms with E-state index in [0.29, 0.717) is 28.6 Å². The average molecular weight is 382 g/mol. The lowest BCUT2D eigenvalue weighted by Gasteiger charge is -2.31. The largest absolute Gasteiger partial charge is 0.504 e. The molecule has 4 rings (SSSR count). The molecule has 146 valence electrons. The number of hydrogen-bond acceptors (Lipinski definition) is 6. The number of phenols is 1. The summed E-state index contributed by atoms with van der Waals surface area (Å²) in [5.74, 6) is 1.00. The van der Waals surface area contributed by atoms with E-state index in [4.69, 9.17) is 18.9 Å². The molecule has 1 fully saturated rings. The number of aromatic hydroxyl groups is 1. The Balaban J connectivity index is 1.41. The van der Waals surface area contributed by atoms with E-state index in [-0.39, 0.29) is 5.75 Å². The van der Waals surface area contributed by atoms with Gasteiger partial charge in [0.2, 0.25) is 0 Å². The van der Waals surface area contributed by atoms with Crippen molar-refractivity contribution in [3.05, 3.63) is 48.0 Å². The van der Waals surface area contributed by atoms with Crippen LogP contribution in [-0.2, 0) is 4.79 Å². The molecule has 0 radical (unpaired) electrons. The number of hydrogen-bond donors (Lipinski definition) is 1. The monoisotopic (exact) mass is 382 g/mol. The fourth-order valence-corrected chi connectivity index (χ4v) is 3.54. The molecule has 6 nitrogen and oxygen atoms in total. The van der Waals surface area contributed by atoms with E-state index in [2.05, 4.69) is 0 Å². The first-order chi connectivity index (χ1) is 13.6. The molecular weight excluding hydrogens is 360 g/mol. The molecule has 2 aromatic rings. The summed E-state index contributed by atoms with van der Waals surface area (Å²) in [7, 11) is 1.47. The average Bonchev–Trinajstić information content (AvgIpc) is 3.04. The molecule has 1 spiro atoms. The molecule has 1 aliphatic carbocycles. The summed E-state index contributed by atoms with van der Waals surface area (Å²) in [5, 5.41) is 9.61. The molecule has 0 saturated heterocycles. The number of rotatable bonds is 4. The molecule has 28 heavy (non-hydrogen) atoms. The van der Waals surface area contributed by atoms with E-state index < -0.39 is 11.8 Å². The highest BCUT2D eigenvalue weighted by molar-refractivity contribution is 5.89. The fraction of sp³-hybridized carbons (Fsp3) is 0.318. The first-order valence-corrected chi connectivity index (χ1v) is 9.36. The third-order valence-electron chi connectivity index (χ3n) is 4.96. The minimum absolute atomic E-state index is 0.0401. The van der Waals surface area contributed by atoms with Crippen LogP contribution in [0.1, 0.15) is 37.7 Å². The zero-order valence-electron chi connectivity index (χ0n) is 15.6. The van der Waals surface area contributed by atoms with Gasteiger partial charge in [0.1, 0.15) is 5.75 Å². The second-order valence-corrected chi connectivity index (χ2v) is 6.97. The van der Waals surface area contributed by atoms with Crippen LogP contribution >= 0.6 is 0 Å². The number of carbonyl (C=O) groups is 1. The topological polar surface area (TPSA) is 74.2 Å². The van der Waals surface area contributed by atoms with Crippen molar-refractivity contribution in [3.8, 4) is 28.7 Å². The van der Waals surface area contributed by atoms with Crippen LogP contribution in [0.4, 0.5) is 0 Å². The third-order valence-corrected chi connectivity index (χ3v) is 4.96. The van der Waals surface area contributed by atoms with E-state index in [1.54, 1.807) is 36.4 Å². The van der Waals surface area contributed by atoms with Gasteiger partial charge >= 0.3 is 5.97 Å². The van der Waals surface area contributed by atoms with Crippen molar-refractivity contribution in [1.82, 2.24) is 0 Å². The second kappa shape index (κ2) is 7.46. The van der Waals surface area contributed by atoms with Gasteiger partial charge in [-0.2, -0.15) is 0 Å². The van der Waals surface area contributed by atoms with Crippen molar-refractivity contribution in [3.63, 3.8) is 0 Å². The zero-order valence-corrected chi connectivity index (χ0v) is 15.6. The lowest BCUT2D eigenvalue weighted by atomic mass is 9.94. The highest BCUT2D eigenvalue weighted by Crippen LogP contribution is 2.46. The minimum atomic E-state index is -0.555. The number of ether oxygens (including phenoxy) is 4. The summed E-state index contributed by atoms with van der Waals surface area (Å²) in [6, 6.07) is 9.96. The highest BCUT2D eigenvalue weighted by Gasteiger charge is 2.42. The molecular formula is C22H22O6. The summed E-state index contributed by atoms with van der Waals surface area (Å²) in [4.78, 5) is 12.1. The number of methoxy groups -OCH3 is 1. The van der Waals surface area contributed by atoms with Gasteiger partial charge in [0.25, 0.3) is 5.79 Å². The van der Waals surface area contributed by atoms with Crippen LogP contribution in [0.2, 0.25) is 0 Å². The maximum atomic E-state index is 12.1. The summed E-state index contributed by atoms with van der Waals surface area (Å²) in [6.45, 7) is 0. The Morgan fingerprint density at radius 2 is 1.86 bits per heavy atom. The Hall–Kier alpha value is -3.15. The summed E-state index contributed by atoms with van der Waals surface area (Å²) < 4.78 is 22.5. The van der Waals surface area contributed by atoms with Crippen molar-refractivity contribution in [1.29, 1.82) is 0 Å². The highest BCUT2D eigenvalue weighted by atomic mass is 16.7. The molecule has 0 aromatic heterocycles. The van der Waals surface area contributed by atoms with Gasteiger partial charge in [-0.25, -0.2) is 4.79 Å². The van der Waals surface area contributed by atoms with Crippen LogP contribution in [0.25, 0.3) is 6.08 Å². The van der Waals surface area contributed by atoms with Gasteiger partial charge in [0.15, 0.2) is 23.0 Å². The Morgan fingerprint density at radius 3 is 2.64 bits per heavy atom. The molecule has 0 atom stereocenters. The van der Waals surface area contributed by atoms with Gasteiger partial charge in [-0.05, 0) is 48.7 Å². The van der Waals surface area contributed by atoms with Crippen molar-refractivity contribution in [2.24, 2.45) is 0 Å². The lowest BCUT2D eigenvalue weighted by Crippen LogP contribution is -2.40. The van der Waals surface area contributed by atoms with Gasteiger partial charge < -0.3 is 24.1 Å². The quantitative estimate of drug-likeness (QED) is 0.478. The fourth-order valence-electron chi connectivity index (χ4n) is 3.54. The smallest absolute Gasteiger partial charge is 0.336 e. The molecule has 0 bridgehead atoms. The van der Waals surface area contributed by atoms with Gasteiger partial charge in [0, 0.05) is 25.0 Å². The van der Waals surface area contributed by atoms with E-state index in [0.717, 1.165) is 25.7 Å². The standard InChI is InChI=1S/C22H22O6/c1-25-19-13-15(5-8-17(19)23)6-10-21(24)26-16-7-9-18-20(14-16)28-22(27-18)11-3-2-4-12-22/h5-10,13-14,23H,2-4,11-12H2,1H3/b10-6+.